The number of amides is 2. The van der Waals surface area contributed by atoms with Crippen LogP contribution in [0.25, 0.3) is 0 Å². The molecule has 2 heterocycles. The van der Waals surface area contributed by atoms with Crippen LogP contribution in [-0.4, -0.2) is 43.3 Å². The van der Waals surface area contributed by atoms with E-state index in [1.807, 2.05) is 6.92 Å². The predicted octanol–water partition coefficient (Wildman–Crippen LogP) is 2.10. The van der Waals surface area contributed by atoms with Crippen molar-refractivity contribution in [3.63, 3.8) is 0 Å². The second-order valence-electron chi connectivity index (χ2n) is 6.70. The highest BCUT2D eigenvalue weighted by atomic mass is 16.5. The molecule has 130 valence electrons. The average molecular weight is 332 g/mol. The highest BCUT2D eigenvalue weighted by molar-refractivity contribution is 5.98. The second-order valence-corrected chi connectivity index (χ2v) is 6.70. The van der Waals surface area contributed by atoms with Gasteiger partial charge in [0.05, 0.1) is 0 Å². The summed E-state index contributed by atoms with van der Waals surface area (Å²) in [5, 5.41) is 5.92. The minimum atomic E-state index is -0.386. The molecule has 0 saturated carbocycles. The first-order chi connectivity index (χ1) is 11.6. The third-order valence-corrected chi connectivity index (χ3v) is 4.63. The predicted molar refractivity (Wildman–Crippen MR) is 90.0 cm³/mol. The van der Waals surface area contributed by atoms with Crippen LogP contribution in [0.1, 0.15) is 43.0 Å². The van der Waals surface area contributed by atoms with Crippen molar-refractivity contribution in [3.05, 3.63) is 29.8 Å². The molecule has 6 nitrogen and oxygen atoms in total. The van der Waals surface area contributed by atoms with Gasteiger partial charge in [0.2, 0.25) is 0 Å². The summed E-state index contributed by atoms with van der Waals surface area (Å²) in [5.74, 6) is -0.283. The van der Waals surface area contributed by atoms with Gasteiger partial charge in [0, 0.05) is 36.6 Å². The molecule has 0 aromatic heterocycles. The molecular formula is C18H24N2O4. The van der Waals surface area contributed by atoms with Crippen molar-refractivity contribution in [2.45, 2.75) is 44.2 Å². The van der Waals surface area contributed by atoms with Crippen molar-refractivity contribution < 1.29 is 19.1 Å². The maximum absolute atomic E-state index is 12.5. The summed E-state index contributed by atoms with van der Waals surface area (Å²) in [6.07, 6.45) is 2.86. The van der Waals surface area contributed by atoms with Gasteiger partial charge in [-0.25, -0.2) is 0 Å². The van der Waals surface area contributed by atoms with Crippen LogP contribution in [0.5, 0.6) is 0 Å². The van der Waals surface area contributed by atoms with Crippen LogP contribution in [0.15, 0.2) is 24.3 Å². The summed E-state index contributed by atoms with van der Waals surface area (Å²) in [7, 11) is 0. The molecule has 2 aliphatic heterocycles. The molecule has 0 aliphatic carbocycles. The van der Waals surface area contributed by atoms with Crippen molar-refractivity contribution in [3.8, 4) is 0 Å². The highest BCUT2D eigenvalue weighted by Crippen LogP contribution is 2.21. The maximum atomic E-state index is 12.5. The molecule has 1 aromatic carbocycles. The first-order valence-electron chi connectivity index (χ1n) is 8.49. The number of hydrogen-bond acceptors (Lipinski definition) is 4. The van der Waals surface area contributed by atoms with E-state index in [1.54, 1.807) is 24.3 Å². The minimum absolute atomic E-state index is 0.132. The smallest absolute Gasteiger partial charge is 0.253 e. The van der Waals surface area contributed by atoms with Crippen molar-refractivity contribution in [2.75, 3.05) is 25.1 Å². The van der Waals surface area contributed by atoms with E-state index in [2.05, 4.69) is 10.6 Å². The molecule has 2 amide bonds. The van der Waals surface area contributed by atoms with Crippen molar-refractivity contribution in [1.82, 2.24) is 5.32 Å². The van der Waals surface area contributed by atoms with E-state index in [9.17, 15) is 9.59 Å². The summed E-state index contributed by atoms with van der Waals surface area (Å²) >= 11 is 0. The van der Waals surface area contributed by atoms with Crippen LogP contribution >= 0.6 is 0 Å². The van der Waals surface area contributed by atoms with Crippen LogP contribution in [0.2, 0.25) is 0 Å². The van der Waals surface area contributed by atoms with Crippen LogP contribution in [-0.2, 0) is 14.3 Å². The molecule has 2 saturated heterocycles. The molecule has 1 atom stereocenters. The molecule has 2 N–H and O–H groups in total. The Morgan fingerprint density at radius 3 is 2.71 bits per heavy atom. The number of hydrogen-bond donors (Lipinski definition) is 2. The molecule has 0 bridgehead atoms. The SMILES string of the molecule is CC1(NC(=O)c2cccc(NC(=O)C3CCCO3)c2)CCOCC1. The third-order valence-electron chi connectivity index (χ3n) is 4.63. The van der Waals surface area contributed by atoms with Gasteiger partial charge in [-0.2, -0.15) is 0 Å². The Bertz CT molecular complexity index is 605. The normalized spacial score (nSPS) is 22.8. The van der Waals surface area contributed by atoms with Crippen molar-refractivity contribution in [2.24, 2.45) is 0 Å². The molecule has 24 heavy (non-hydrogen) atoms. The number of anilines is 1. The lowest BCUT2D eigenvalue weighted by atomic mass is 9.92. The minimum Gasteiger partial charge on any atom is -0.381 e. The summed E-state index contributed by atoms with van der Waals surface area (Å²) < 4.78 is 10.7. The fraction of sp³-hybridized carbons (Fsp3) is 0.556. The van der Waals surface area contributed by atoms with Gasteiger partial charge in [-0.1, -0.05) is 6.07 Å². The lowest BCUT2D eigenvalue weighted by molar-refractivity contribution is -0.124. The molecule has 6 heteroatoms. The Kier molecular flexibility index (Phi) is 5.16. The van der Waals surface area contributed by atoms with Crippen molar-refractivity contribution in [1.29, 1.82) is 0 Å². The van der Waals surface area contributed by atoms with Crippen LogP contribution in [0.4, 0.5) is 5.69 Å². The Labute approximate surface area is 141 Å². The first kappa shape index (κ1) is 16.9. The lowest BCUT2D eigenvalue weighted by Gasteiger charge is -2.34. The Balaban J connectivity index is 1.63. The topological polar surface area (TPSA) is 76.7 Å². The number of carbonyl (C=O) groups excluding carboxylic acids is 2. The van der Waals surface area contributed by atoms with E-state index in [1.165, 1.54) is 0 Å². The monoisotopic (exact) mass is 332 g/mol. The van der Waals surface area contributed by atoms with E-state index in [-0.39, 0.29) is 23.5 Å². The molecule has 2 aliphatic rings. The fourth-order valence-electron chi connectivity index (χ4n) is 3.04. The number of benzene rings is 1. The number of ether oxygens (including phenoxy) is 2. The highest BCUT2D eigenvalue weighted by Gasteiger charge is 2.29. The quantitative estimate of drug-likeness (QED) is 0.885. The summed E-state index contributed by atoms with van der Waals surface area (Å²) in [5.41, 5.74) is 0.903. The van der Waals surface area contributed by atoms with Gasteiger partial charge in [0.1, 0.15) is 6.10 Å². The number of nitrogens with one attached hydrogen (secondary N) is 2. The van der Waals surface area contributed by atoms with E-state index in [0.29, 0.717) is 31.1 Å². The molecule has 3 rings (SSSR count). The van der Waals surface area contributed by atoms with Gasteiger partial charge in [0.15, 0.2) is 0 Å². The van der Waals surface area contributed by atoms with Crippen molar-refractivity contribution >= 4 is 17.5 Å². The average Bonchev–Trinajstić information content (AvgIpc) is 3.10. The first-order valence-corrected chi connectivity index (χ1v) is 8.49. The Hall–Kier alpha value is -1.92. The van der Waals surface area contributed by atoms with Gasteiger partial charge in [-0.3, -0.25) is 9.59 Å². The second kappa shape index (κ2) is 7.32. The summed E-state index contributed by atoms with van der Waals surface area (Å²) in [6, 6.07) is 7.00. The summed E-state index contributed by atoms with van der Waals surface area (Å²) in [6.45, 7) is 3.99. The molecule has 1 unspecified atom stereocenters. The van der Waals surface area contributed by atoms with Gasteiger partial charge in [-0.05, 0) is 50.8 Å². The van der Waals surface area contributed by atoms with E-state index in [4.69, 9.17) is 9.47 Å². The van der Waals surface area contributed by atoms with Gasteiger partial charge >= 0.3 is 0 Å². The zero-order chi connectivity index (χ0) is 17.0. The van der Waals surface area contributed by atoms with Crippen LogP contribution < -0.4 is 10.6 Å². The molecule has 2 fully saturated rings. The Morgan fingerprint density at radius 2 is 2.00 bits per heavy atom. The number of rotatable bonds is 4. The zero-order valence-corrected chi connectivity index (χ0v) is 14.0. The van der Waals surface area contributed by atoms with E-state index in [0.717, 1.165) is 25.7 Å². The van der Waals surface area contributed by atoms with E-state index < -0.39 is 0 Å². The molecule has 0 radical (unpaired) electrons. The molecular weight excluding hydrogens is 308 g/mol. The number of carbonyl (C=O) groups is 2. The lowest BCUT2D eigenvalue weighted by Crippen LogP contribution is -2.49. The third kappa shape index (κ3) is 4.13. The van der Waals surface area contributed by atoms with E-state index >= 15 is 0 Å². The van der Waals surface area contributed by atoms with Gasteiger partial charge in [0.25, 0.3) is 11.8 Å². The summed E-state index contributed by atoms with van der Waals surface area (Å²) in [4.78, 5) is 24.6. The molecule has 1 aromatic rings. The fourth-order valence-corrected chi connectivity index (χ4v) is 3.04. The Morgan fingerprint density at radius 1 is 1.21 bits per heavy atom. The maximum Gasteiger partial charge on any atom is 0.253 e. The van der Waals surface area contributed by atoms with Gasteiger partial charge < -0.3 is 20.1 Å². The standard InChI is InChI=1S/C18H24N2O4/c1-18(7-10-23-11-8-18)20-16(21)13-4-2-5-14(12-13)19-17(22)15-6-3-9-24-15/h2,4-5,12,15H,3,6-11H2,1H3,(H,19,22)(H,20,21). The zero-order valence-electron chi connectivity index (χ0n) is 14.0. The molecule has 0 spiro atoms. The van der Waals surface area contributed by atoms with Gasteiger partial charge in [-0.15, -0.1) is 0 Å². The van der Waals surface area contributed by atoms with Crippen LogP contribution in [0, 0.1) is 0 Å². The largest absolute Gasteiger partial charge is 0.381 e. The van der Waals surface area contributed by atoms with Crippen LogP contribution in [0.3, 0.4) is 0 Å².